The largest absolute Gasteiger partial charge is 0.298 e. The Labute approximate surface area is 116 Å². The molecule has 0 N–H and O–H groups in total. The Morgan fingerprint density at radius 2 is 2.06 bits per heavy atom. The van der Waals surface area contributed by atoms with Crippen molar-refractivity contribution in [1.82, 2.24) is 9.97 Å². The molecule has 88 valence electrons. The number of aliphatic imine (C=N–C) groups is 1. The van der Waals surface area contributed by atoms with Crippen LogP contribution in [0.5, 0.6) is 0 Å². The van der Waals surface area contributed by atoms with Gasteiger partial charge in [0, 0.05) is 6.20 Å². The van der Waals surface area contributed by atoms with Gasteiger partial charge in [-0.2, -0.15) is 0 Å². The molecule has 0 aliphatic carbocycles. The first-order chi connectivity index (χ1) is 7.04. The summed E-state index contributed by atoms with van der Waals surface area (Å²) in [5.74, 6) is -0.324. The van der Waals surface area contributed by atoms with E-state index in [2.05, 4.69) is 15.0 Å². The molecule has 0 aliphatic rings. The molecule has 0 bridgehead atoms. The number of aromatic nitrogens is 2. The van der Waals surface area contributed by atoms with Crippen molar-refractivity contribution in [3.05, 3.63) is 23.3 Å². The van der Waals surface area contributed by atoms with E-state index in [1.807, 2.05) is 6.26 Å². The Balaban J connectivity index is 0.00000225. The number of thioether (sulfide) groups is 1. The quantitative estimate of drug-likeness (QED) is 0.443. The van der Waals surface area contributed by atoms with Gasteiger partial charge >= 0.3 is 0 Å². The molecular weight excluding hydrogens is 337 g/mol. The minimum Gasteiger partial charge on any atom is -0.265 e. The third-order valence-electron chi connectivity index (χ3n) is 1.83. The first-order valence-corrected chi connectivity index (χ1v) is 5.71. The van der Waals surface area contributed by atoms with E-state index in [-0.39, 0.29) is 29.9 Å². The van der Waals surface area contributed by atoms with E-state index in [9.17, 15) is 4.79 Å². The van der Waals surface area contributed by atoms with Gasteiger partial charge in [-0.15, -0.1) is 35.7 Å². The van der Waals surface area contributed by atoms with Gasteiger partial charge in [-0.25, -0.2) is 9.98 Å². The lowest BCUT2D eigenvalue weighted by atomic mass is 10.3. The van der Waals surface area contributed by atoms with Gasteiger partial charge in [-0.3, -0.25) is 9.78 Å². The molecule has 0 unspecified atom stereocenters. The van der Waals surface area contributed by atoms with Crippen molar-refractivity contribution < 1.29 is 4.79 Å². The number of hydrogen-bond donors (Lipinski definition) is 0. The Hall–Kier alpha value is -0.500. The highest BCUT2D eigenvalue weighted by molar-refractivity contribution is 14.0. The fourth-order valence-electron chi connectivity index (χ4n) is 0.982. The van der Waals surface area contributed by atoms with Crippen molar-refractivity contribution in [2.45, 2.75) is 20.8 Å². The van der Waals surface area contributed by atoms with E-state index < -0.39 is 0 Å². The van der Waals surface area contributed by atoms with Gasteiger partial charge in [0.05, 0.1) is 16.4 Å². The number of hydrogen-bond acceptors (Lipinski definition) is 4. The summed E-state index contributed by atoms with van der Waals surface area (Å²) in [4.78, 5) is 23.8. The lowest BCUT2D eigenvalue weighted by Crippen LogP contribution is -2.06. The van der Waals surface area contributed by atoms with E-state index in [1.165, 1.54) is 11.8 Å². The lowest BCUT2D eigenvalue weighted by molar-refractivity contribution is 0.0997. The van der Waals surface area contributed by atoms with Crippen LogP contribution in [0.4, 0.5) is 0 Å². The van der Waals surface area contributed by atoms with Gasteiger partial charge in [0.2, 0.25) is 0 Å². The van der Waals surface area contributed by atoms with Crippen molar-refractivity contribution in [2.75, 3.05) is 6.26 Å². The molecule has 0 saturated carbocycles. The topological polar surface area (TPSA) is 55.2 Å². The van der Waals surface area contributed by atoms with Crippen molar-refractivity contribution >= 4 is 46.7 Å². The van der Waals surface area contributed by atoms with Crippen LogP contribution in [0, 0.1) is 13.8 Å². The van der Waals surface area contributed by atoms with Crippen molar-refractivity contribution in [2.24, 2.45) is 4.99 Å². The third kappa shape index (κ3) is 4.17. The minimum absolute atomic E-state index is 0. The number of carbonyl (C=O) groups is 1. The number of halogens is 1. The second-order valence-electron chi connectivity index (χ2n) is 3.09. The summed E-state index contributed by atoms with van der Waals surface area (Å²) < 4.78 is 0. The number of amides is 1. The minimum atomic E-state index is -0.324. The van der Waals surface area contributed by atoms with Crippen molar-refractivity contribution in [3.8, 4) is 0 Å². The number of aryl methyl sites for hydroxylation is 2. The van der Waals surface area contributed by atoms with Crippen LogP contribution in [-0.4, -0.2) is 27.2 Å². The van der Waals surface area contributed by atoms with Crippen LogP contribution < -0.4 is 0 Å². The molecule has 0 aliphatic heterocycles. The van der Waals surface area contributed by atoms with Crippen LogP contribution in [0.3, 0.4) is 0 Å². The van der Waals surface area contributed by atoms with Gasteiger partial charge in [0.1, 0.15) is 0 Å². The molecule has 0 saturated heterocycles. The molecule has 0 aromatic carbocycles. The van der Waals surface area contributed by atoms with E-state index in [1.54, 1.807) is 27.0 Å². The Bertz CT molecular complexity index is 421. The first-order valence-electron chi connectivity index (χ1n) is 4.48. The zero-order chi connectivity index (χ0) is 11.4. The number of carbonyl (C=O) groups excluding carboxylic acids is 1. The molecule has 4 nitrogen and oxygen atoms in total. The fraction of sp³-hybridized carbons (Fsp3) is 0.400. The Morgan fingerprint density at radius 1 is 1.44 bits per heavy atom. The Morgan fingerprint density at radius 3 is 2.62 bits per heavy atom. The number of nitrogens with zero attached hydrogens (tertiary/aromatic N) is 3. The molecule has 0 atom stereocenters. The summed E-state index contributed by atoms with van der Waals surface area (Å²) in [7, 11) is 0. The summed E-state index contributed by atoms with van der Waals surface area (Å²) in [6.45, 7) is 5.35. The predicted octanol–water partition coefficient (Wildman–Crippen LogP) is 2.63. The van der Waals surface area contributed by atoms with Crippen LogP contribution >= 0.6 is 35.7 Å². The average molecular weight is 351 g/mol. The Kier molecular flexibility index (Phi) is 6.73. The van der Waals surface area contributed by atoms with E-state index in [4.69, 9.17) is 0 Å². The summed E-state index contributed by atoms with van der Waals surface area (Å²) in [6, 6.07) is 0. The maximum absolute atomic E-state index is 11.7. The first kappa shape index (κ1) is 15.5. The van der Waals surface area contributed by atoms with Gasteiger partial charge in [-0.1, -0.05) is 0 Å². The van der Waals surface area contributed by atoms with Gasteiger partial charge in [0.15, 0.2) is 5.69 Å². The fourth-order valence-corrected chi connectivity index (χ4v) is 1.16. The van der Waals surface area contributed by atoms with Crippen LogP contribution in [0.25, 0.3) is 0 Å². The molecule has 1 aromatic heterocycles. The zero-order valence-electron chi connectivity index (χ0n) is 9.64. The lowest BCUT2D eigenvalue weighted by Gasteiger charge is -2.01. The van der Waals surface area contributed by atoms with Gasteiger partial charge in [-0.05, 0) is 27.0 Å². The summed E-state index contributed by atoms with van der Waals surface area (Å²) >= 11 is 1.44. The summed E-state index contributed by atoms with van der Waals surface area (Å²) in [5.41, 5.74) is 1.67. The van der Waals surface area contributed by atoms with Gasteiger partial charge < -0.3 is 0 Å². The predicted molar refractivity (Wildman–Crippen MR) is 77.9 cm³/mol. The smallest absolute Gasteiger partial charge is 0.265 e. The van der Waals surface area contributed by atoms with E-state index in [0.717, 1.165) is 10.7 Å². The van der Waals surface area contributed by atoms with E-state index >= 15 is 0 Å². The van der Waals surface area contributed by atoms with Gasteiger partial charge in [0.25, 0.3) is 5.91 Å². The molecule has 0 fully saturated rings. The van der Waals surface area contributed by atoms with Crippen LogP contribution in [-0.2, 0) is 0 Å². The molecule has 1 rings (SSSR count). The molecule has 1 amide bonds. The highest BCUT2D eigenvalue weighted by Gasteiger charge is 2.11. The third-order valence-corrected chi connectivity index (χ3v) is 2.51. The van der Waals surface area contributed by atoms with Crippen molar-refractivity contribution in [1.29, 1.82) is 0 Å². The molecular formula is C10H14IN3OS. The molecule has 0 radical (unpaired) electrons. The number of rotatable bonds is 1. The average Bonchev–Trinajstić information content (AvgIpc) is 2.21. The molecule has 1 aromatic rings. The highest BCUT2D eigenvalue weighted by atomic mass is 127. The van der Waals surface area contributed by atoms with Crippen molar-refractivity contribution in [3.63, 3.8) is 0 Å². The van der Waals surface area contributed by atoms with E-state index in [0.29, 0.717) is 11.4 Å². The van der Waals surface area contributed by atoms with Crippen LogP contribution in [0.1, 0.15) is 28.8 Å². The maximum atomic E-state index is 11.7. The van der Waals surface area contributed by atoms with Crippen LogP contribution in [0.15, 0.2) is 11.2 Å². The second-order valence-corrected chi connectivity index (χ2v) is 4.08. The SMILES string of the molecule is CSC(C)=NC(=O)c1nc(C)cnc1C.I. The second kappa shape index (κ2) is 6.95. The normalized spacial score (nSPS) is 10.9. The van der Waals surface area contributed by atoms with Crippen LogP contribution in [0.2, 0.25) is 0 Å². The monoisotopic (exact) mass is 351 g/mol. The highest BCUT2D eigenvalue weighted by Crippen LogP contribution is 2.06. The maximum Gasteiger partial charge on any atom is 0.298 e. The molecule has 0 spiro atoms. The molecule has 16 heavy (non-hydrogen) atoms. The summed E-state index contributed by atoms with van der Waals surface area (Å²) in [5, 5.41) is 0.725. The molecule has 6 heteroatoms. The standard InChI is InChI=1S/C10H13N3OS.HI/c1-6-5-11-7(2)9(12-6)10(14)13-8(3)15-4;/h5H,1-4H3;1H. The zero-order valence-corrected chi connectivity index (χ0v) is 12.8. The molecule has 1 heterocycles. The summed E-state index contributed by atoms with van der Waals surface area (Å²) in [6.07, 6.45) is 3.51.